The largest absolute Gasteiger partial charge is 0.455 e. The Bertz CT molecular complexity index is 469. The molecule has 0 aliphatic carbocycles. The van der Waals surface area contributed by atoms with E-state index in [1.807, 2.05) is 6.07 Å². The van der Waals surface area contributed by atoms with Crippen LogP contribution in [0.15, 0.2) is 42.0 Å². The van der Waals surface area contributed by atoms with Gasteiger partial charge < -0.3 is 4.74 Å². The number of ether oxygens (including phenoxy) is 1. The van der Waals surface area contributed by atoms with Gasteiger partial charge in [-0.3, -0.25) is 0 Å². The third-order valence-corrected chi connectivity index (χ3v) is 3.38. The van der Waals surface area contributed by atoms with Crippen LogP contribution in [0.4, 0.5) is 8.78 Å². The normalized spacial score (nSPS) is 12.0. The van der Waals surface area contributed by atoms with Crippen LogP contribution in [-0.4, -0.2) is 5.97 Å². The molecular weight excluding hydrogens is 286 g/mol. The topological polar surface area (TPSA) is 26.3 Å². The molecule has 22 heavy (non-hydrogen) atoms. The zero-order chi connectivity index (χ0) is 16.2. The van der Waals surface area contributed by atoms with Crippen LogP contribution in [0.25, 0.3) is 0 Å². The van der Waals surface area contributed by atoms with Crippen LogP contribution in [0, 0.1) is 0 Å². The van der Waals surface area contributed by atoms with Gasteiger partial charge in [-0.15, -0.1) is 0 Å². The van der Waals surface area contributed by atoms with Gasteiger partial charge in [0, 0.05) is 6.42 Å². The molecule has 0 amide bonds. The molecule has 0 spiro atoms. The molecule has 0 atom stereocenters. The zero-order valence-corrected chi connectivity index (χ0v) is 13.1. The van der Waals surface area contributed by atoms with Gasteiger partial charge in [0.2, 0.25) is 5.83 Å². The first-order valence-corrected chi connectivity index (χ1v) is 7.90. The molecule has 1 aromatic rings. The lowest BCUT2D eigenvalue weighted by Crippen LogP contribution is -2.06. The van der Waals surface area contributed by atoms with Crippen molar-refractivity contribution in [1.29, 1.82) is 0 Å². The highest BCUT2D eigenvalue weighted by Crippen LogP contribution is 2.18. The Morgan fingerprint density at radius 3 is 2.32 bits per heavy atom. The first-order valence-electron chi connectivity index (χ1n) is 7.90. The standard InChI is InChI=1S/C18H24F2O2/c1-2-3-4-5-6-10-13-16(19)17(20)18(21)22-14-15-11-8-7-9-12-15/h7-9,11-12H,2-6,10,13-14H2,1H3/b17-16+. The lowest BCUT2D eigenvalue weighted by Gasteiger charge is -2.04. The van der Waals surface area contributed by atoms with Crippen LogP contribution in [0.1, 0.15) is 57.4 Å². The maximum absolute atomic E-state index is 13.6. The summed E-state index contributed by atoms with van der Waals surface area (Å²) in [6, 6.07) is 8.90. The molecule has 0 bridgehead atoms. The van der Waals surface area contributed by atoms with Crippen molar-refractivity contribution < 1.29 is 18.3 Å². The van der Waals surface area contributed by atoms with E-state index < -0.39 is 17.6 Å². The molecule has 0 aliphatic heterocycles. The maximum Gasteiger partial charge on any atom is 0.370 e. The van der Waals surface area contributed by atoms with Crippen LogP contribution < -0.4 is 0 Å². The second kappa shape index (κ2) is 10.9. The first-order chi connectivity index (χ1) is 10.6. The molecule has 0 radical (unpaired) electrons. The molecule has 0 saturated carbocycles. The number of benzene rings is 1. The predicted molar refractivity (Wildman–Crippen MR) is 83.5 cm³/mol. The molecule has 0 heterocycles. The van der Waals surface area contributed by atoms with E-state index in [4.69, 9.17) is 4.74 Å². The quantitative estimate of drug-likeness (QED) is 0.318. The molecule has 1 rings (SSSR count). The number of carbonyl (C=O) groups excluding carboxylic acids is 1. The van der Waals surface area contributed by atoms with E-state index in [0.29, 0.717) is 6.42 Å². The van der Waals surface area contributed by atoms with Crippen LogP contribution in [0.5, 0.6) is 0 Å². The Labute approximate surface area is 131 Å². The molecule has 0 fully saturated rings. The summed E-state index contributed by atoms with van der Waals surface area (Å²) in [5.74, 6) is -3.63. The minimum atomic E-state index is -1.40. The number of hydrogen-bond donors (Lipinski definition) is 0. The summed E-state index contributed by atoms with van der Waals surface area (Å²) >= 11 is 0. The Morgan fingerprint density at radius 1 is 1.00 bits per heavy atom. The smallest absolute Gasteiger partial charge is 0.370 e. The van der Waals surface area contributed by atoms with E-state index in [0.717, 1.165) is 31.2 Å². The monoisotopic (exact) mass is 310 g/mol. The minimum absolute atomic E-state index is 0.0433. The summed E-state index contributed by atoms with van der Waals surface area (Å²) in [7, 11) is 0. The summed E-state index contributed by atoms with van der Waals surface area (Å²) in [6.45, 7) is 2.07. The average Bonchev–Trinajstić information content (AvgIpc) is 2.55. The van der Waals surface area contributed by atoms with Crippen LogP contribution >= 0.6 is 0 Å². The molecule has 0 N–H and O–H groups in total. The molecule has 1 aromatic carbocycles. The van der Waals surface area contributed by atoms with E-state index in [2.05, 4.69) is 6.92 Å². The first kappa shape index (κ1) is 18.3. The van der Waals surface area contributed by atoms with Gasteiger partial charge in [0.1, 0.15) is 12.4 Å². The number of rotatable bonds is 10. The highest BCUT2D eigenvalue weighted by molar-refractivity contribution is 5.86. The highest BCUT2D eigenvalue weighted by atomic mass is 19.2. The second-order valence-corrected chi connectivity index (χ2v) is 5.30. The van der Waals surface area contributed by atoms with E-state index in [-0.39, 0.29) is 13.0 Å². The fourth-order valence-electron chi connectivity index (χ4n) is 2.07. The van der Waals surface area contributed by atoms with E-state index in [1.54, 1.807) is 24.3 Å². The van der Waals surface area contributed by atoms with Crippen molar-refractivity contribution in [3.63, 3.8) is 0 Å². The van der Waals surface area contributed by atoms with Crippen LogP contribution in [0.3, 0.4) is 0 Å². The SMILES string of the molecule is CCCCCCCC/C(F)=C(\F)C(=O)OCc1ccccc1. The van der Waals surface area contributed by atoms with Gasteiger partial charge in [0.15, 0.2) is 0 Å². The summed E-state index contributed by atoms with van der Waals surface area (Å²) in [5, 5.41) is 0. The summed E-state index contributed by atoms with van der Waals surface area (Å²) in [4.78, 5) is 11.4. The van der Waals surface area contributed by atoms with Crippen molar-refractivity contribution in [2.45, 2.75) is 58.5 Å². The Kier molecular flexibility index (Phi) is 9.12. The number of unbranched alkanes of at least 4 members (excludes halogenated alkanes) is 5. The van der Waals surface area contributed by atoms with Crippen LogP contribution in [-0.2, 0) is 16.1 Å². The lowest BCUT2D eigenvalue weighted by atomic mass is 10.1. The van der Waals surface area contributed by atoms with Gasteiger partial charge in [-0.1, -0.05) is 69.4 Å². The maximum atomic E-state index is 13.6. The van der Waals surface area contributed by atoms with Gasteiger partial charge in [-0.25, -0.2) is 9.18 Å². The highest BCUT2D eigenvalue weighted by Gasteiger charge is 2.17. The van der Waals surface area contributed by atoms with Crippen molar-refractivity contribution in [1.82, 2.24) is 0 Å². The molecular formula is C18H24F2O2. The molecule has 0 saturated heterocycles. The molecule has 122 valence electrons. The molecule has 2 nitrogen and oxygen atoms in total. The van der Waals surface area contributed by atoms with Gasteiger partial charge >= 0.3 is 5.97 Å². The predicted octanol–water partition coefficient (Wildman–Crippen LogP) is 5.63. The average molecular weight is 310 g/mol. The van der Waals surface area contributed by atoms with E-state index in [1.165, 1.54) is 6.42 Å². The molecule has 4 heteroatoms. The zero-order valence-electron chi connectivity index (χ0n) is 13.1. The van der Waals surface area contributed by atoms with E-state index in [9.17, 15) is 13.6 Å². The van der Waals surface area contributed by atoms with Crippen molar-refractivity contribution in [3.8, 4) is 0 Å². The summed E-state index contributed by atoms with van der Waals surface area (Å²) < 4.78 is 31.9. The third kappa shape index (κ3) is 7.34. The molecule has 0 aromatic heterocycles. The van der Waals surface area contributed by atoms with Gasteiger partial charge in [0.05, 0.1) is 0 Å². The number of esters is 1. The van der Waals surface area contributed by atoms with E-state index >= 15 is 0 Å². The fourth-order valence-corrected chi connectivity index (χ4v) is 2.07. The number of carbonyl (C=O) groups is 1. The van der Waals surface area contributed by atoms with Crippen LogP contribution in [0.2, 0.25) is 0 Å². The number of halogens is 2. The van der Waals surface area contributed by atoms with Crippen molar-refractivity contribution in [2.75, 3.05) is 0 Å². The lowest BCUT2D eigenvalue weighted by molar-refractivity contribution is -0.142. The Hall–Kier alpha value is -1.71. The number of allylic oxidation sites excluding steroid dienone is 1. The van der Waals surface area contributed by atoms with Crippen molar-refractivity contribution in [2.24, 2.45) is 0 Å². The summed E-state index contributed by atoms with van der Waals surface area (Å²) in [5.41, 5.74) is 0.736. The third-order valence-electron chi connectivity index (χ3n) is 3.38. The fraction of sp³-hybridized carbons (Fsp3) is 0.500. The Morgan fingerprint density at radius 2 is 1.64 bits per heavy atom. The number of hydrogen-bond acceptors (Lipinski definition) is 2. The van der Waals surface area contributed by atoms with Crippen molar-refractivity contribution in [3.05, 3.63) is 47.5 Å². The van der Waals surface area contributed by atoms with Gasteiger partial charge in [0.25, 0.3) is 0 Å². The van der Waals surface area contributed by atoms with Crippen molar-refractivity contribution >= 4 is 5.97 Å². The minimum Gasteiger partial charge on any atom is -0.455 e. The van der Waals surface area contributed by atoms with Gasteiger partial charge in [-0.2, -0.15) is 4.39 Å². The summed E-state index contributed by atoms with van der Waals surface area (Å²) in [6.07, 6.45) is 5.80. The Balaban J connectivity index is 2.30. The second-order valence-electron chi connectivity index (χ2n) is 5.30. The molecule has 0 aliphatic rings. The van der Waals surface area contributed by atoms with Gasteiger partial charge in [-0.05, 0) is 12.0 Å². The molecule has 0 unspecified atom stereocenters.